The van der Waals surface area contributed by atoms with Gasteiger partial charge in [-0.2, -0.15) is 0 Å². The van der Waals surface area contributed by atoms with Crippen LogP contribution in [-0.2, 0) is 20.7 Å². The van der Waals surface area contributed by atoms with Crippen molar-refractivity contribution in [1.82, 2.24) is 10.6 Å². The van der Waals surface area contributed by atoms with Crippen LogP contribution in [0, 0.1) is 11.8 Å². The number of halogens is 1. The average molecular weight is 341 g/mol. The summed E-state index contributed by atoms with van der Waals surface area (Å²) in [4.78, 5) is 24.2. The van der Waals surface area contributed by atoms with Gasteiger partial charge in [0.05, 0.1) is 18.4 Å². The Morgan fingerprint density at radius 2 is 2.09 bits per heavy atom. The van der Waals surface area contributed by atoms with Crippen molar-refractivity contribution in [2.75, 3.05) is 26.2 Å². The summed E-state index contributed by atoms with van der Waals surface area (Å²) in [6.07, 6.45) is 1.43. The van der Waals surface area contributed by atoms with Crippen molar-refractivity contribution >= 4 is 24.3 Å². The summed E-state index contributed by atoms with van der Waals surface area (Å²) >= 11 is 0. The molecule has 23 heavy (non-hydrogen) atoms. The van der Waals surface area contributed by atoms with Crippen molar-refractivity contribution in [2.45, 2.75) is 19.8 Å². The molecular formula is C17H25ClN2O3. The minimum atomic E-state index is -0.347. The van der Waals surface area contributed by atoms with E-state index < -0.39 is 0 Å². The lowest BCUT2D eigenvalue weighted by atomic mass is 9.99. The molecule has 2 unspecified atom stereocenters. The monoisotopic (exact) mass is 340 g/mol. The Morgan fingerprint density at radius 1 is 1.35 bits per heavy atom. The van der Waals surface area contributed by atoms with Gasteiger partial charge in [0.1, 0.15) is 0 Å². The molecule has 0 bridgehead atoms. The number of carbonyl (C=O) groups is 2. The third-order valence-electron chi connectivity index (χ3n) is 3.90. The van der Waals surface area contributed by atoms with Crippen LogP contribution in [0.4, 0.5) is 0 Å². The topological polar surface area (TPSA) is 67.4 Å². The summed E-state index contributed by atoms with van der Waals surface area (Å²) in [5.74, 6) is -0.566. The van der Waals surface area contributed by atoms with Gasteiger partial charge in [0.2, 0.25) is 5.91 Å². The van der Waals surface area contributed by atoms with E-state index in [4.69, 9.17) is 4.74 Å². The number of esters is 1. The van der Waals surface area contributed by atoms with Gasteiger partial charge in [0.15, 0.2) is 0 Å². The third-order valence-corrected chi connectivity index (χ3v) is 3.90. The number of carbonyl (C=O) groups excluding carboxylic acids is 2. The van der Waals surface area contributed by atoms with E-state index in [1.54, 1.807) is 6.92 Å². The Labute approximate surface area is 143 Å². The molecule has 1 fully saturated rings. The second-order valence-electron chi connectivity index (χ2n) is 5.57. The lowest BCUT2D eigenvalue weighted by Crippen LogP contribution is -2.38. The Hall–Kier alpha value is -1.59. The summed E-state index contributed by atoms with van der Waals surface area (Å²) in [6, 6.07) is 9.79. The number of benzene rings is 1. The van der Waals surface area contributed by atoms with Gasteiger partial charge in [0.25, 0.3) is 0 Å². The van der Waals surface area contributed by atoms with Gasteiger partial charge in [-0.3, -0.25) is 9.59 Å². The second-order valence-corrected chi connectivity index (χ2v) is 5.57. The third kappa shape index (κ3) is 6.20. The fourth-order valence-corrected chi connectivity index (χ4v) is 2.64. The van der Waals surface area contributed by atoms with Crippen molar-refractivity contribution < 1.29 is 14.3 Å². The molecule has 0 saturated carbocycles. The first-order chi connectivity index (χ1) is 10.7. The van der Waals surface area contributed by atoms with Gasteiger partial charge in [-0.1, -0.05) is 30.3 Å². The first kappa shape index (κ1) is 19.5. The molecule has 2 rings (SSSR count). The van der Waals surface area contributed by atoms with Crippen molar-refractivity contribution in [3.8, 4) is 0 Å². The molecule has 0 aromatic heterocycles. The normalized spacial score (nSPS) is 17.9. The molecule has 0 radical (unpaired) electrons. The van der Waals surface area contributed by atoms with Crippen molar-refractivity contribution in [3.63, 3.8) is 0 Å². The quantitative estimate of drug-likeness (QED) is 0.739. The highest BCUT2D eigenvalue weighted by Crippen LogP contribution is 2.12. The van der Waals surface area contributed by atoms with Crippen LogP contribution < -0.4 is 10.6 Å². The van der Waals surface area contributed by atoms with E-state index in [1.807, 2.05) is 30.3 Å². The second kappa shape index (κ2) is 10.2. The molecule has 1 saturated heterocycles. The molecule has 1 heterocycles. The van der Waals surface area contributed by atoms with E-state index >= 15 is 0 Å². The summed E-state index contributed by atoms with van der Waals surface area (Å²) in [5.41, 5.74) is 1.07. The summed E-state index contributed by atoms with van der Waals surface area (Å²) in [6.45, 7) is 4.06. The van der Waals surface area contributed by atoms with Gasteiger partial charge in [-0.15, -0.1) is 12.4 Å². The molecule has 1 aliphatic heterocycles. The molecular weight excluding hydrogens is 316 g/mol. The smallest absolute Gasteiger partial charge is 0.311 e. The number of nitrogens with one attached hydrogen (secondary N) is 2. The Morgan fingerprint density at radius 3 is 2.70 bits per heavy atom. The van der Waals surface area contributed by atoms with E-state index in [-0.39, 0.29) is 36.1 Å². The number of amides is 1. The lowest BCUT2D eigenvalue weighted by Gasteiger charge is -2.18. The first-order valence-electron chi connectivity index (χ1n) is 7.89. The van der Waals surface area contributed by atoms with Gasteiger partial charge in [-0.25, -0.2) is 0 Å². The molecule has 1 aromatic rings. The number of ether oxygens (including phenoxy) is 1. The Bertz CT molecular complexity index is 490. The molecule has 1 aromatic carbocycles. The Balaban J connectivity index is 0.00000264. The molecule has 0 aliphatic carbocycles. The molecule has 5 nitrogen and oxygen atoms in total. The van der Waals surface area contributed by atoms with E-state index in [0.717, 1.165) is 18.5 Å². The zero-order valence-corrected chi connectivity index (χ0v) is 14.2. The predicted molar refractivity (Wildman–Crippen MR) is 91.5 cm³/mol. The van der Waals surface area contributed by atoms with Crippen LogP contribution in [0.1, 0.15) is 18.9 Å². The van der Waals surface area contributed by atoms with Gasteiger partial charge >= 0.3 is 5.97 Å². The zero-order valence-electron chi connectivity index (χ0n) is 13.4. The maximum Gasteiger partial charge on any atom is 0.311 e. The van der Waals surface area contributed by atoms with Crippen LogP contribution in [-0.4, -0.2) is 38.1 Å². The first-order valence-corrected chi connectivity index (χ1v) is 7.89. The van der Waals surface area contributed by atoms with Crippen LogP contribution >= 0.6 is 12.4 Å². The van der Waals surface area contributed by atoms with Crippen LogP contribution in [0.2, 0.25) is 0 Å². The molecule has 2 N–H and O–H groups in total. The van der Waals surface area contributed by atoms with Gasteiger partial charge < -0.3 is 15.4 Å². The molecule has 6 heteroatoms. The highest BCUT2D eigenvalue weighted by atomic mass is 35.5. The molecule has 1 amide bonds. The fraction of sp³-hybridized carbons (Fsp3) is 0.529. The van der Waals surface area contributed by atoms with Crippen LogP contribution in [0.15, 0.2) is 30.3 Å². The summed E-state index contributed by atoms with van der Waals surface area (Å²) < 4.78 is 5.13. The molecule has 1 aliphatic rings. The molecule has 2 atom stereocenters. The minimum Gasteiger partial charge on any atom is -0.466 e. The van der Waals surface area contributed by atoms with Crippen molar-refractivity contribution in [2.24, 2.45) is 11.8 Å². The van der Waals surface area contributed by atoms with E-state index in [0.29, 0.717) is 26.1 Å². The Kier molecular flexibility index (Phi) is 8.66. The van der Waals surface area contributed by atoms with Crippen molar-refractivity contribution in [3.05, 3.63) is 35.9 Å². The SMILES string of the molecule is CCOC(=O)C(CNC(=O)C1CCNC1)Cc1ccccc1.Cl. The predicted octanol–water partition coefficient (Wildman–Crippen LogP) is 1.56. The highest BCUT2D eigenvalue weighted by Gasteiger charge is 2.25. The number of hydrogen-bond donors (Lipinski definition) is 2. The fourth-order valence-electron chi connectivity index (χ4n) is 2.64. The van der Waals surface area contributed by atoms with Crippen LogP contribution in [0.3, 0.4) is 0 Å². The van der Waals surface area contributed by atoms with Crippen molar-refractivity contribution in [1.29, 1.82) is 0 Å². The van der Waals surface area contributed by atoms with Gasteiger partial charge in [0, 0.05) is 13.1 Å². The standard InChI is InChI=1S/C17H24N2O3.ClH/c1-2-22-17(21)15(10-13-6-4-3-5-7-13)12-19-16(20)14-8-9-18-11-14;/h3-7,14-15,18H,2,8-12H2,1H3,(H,19,20);1H. The molecule has 128 valence electrons. The zero-order chi connectivity index (χ0) is 15.8. The van der Waals surface area contributed by atoms with Crippen LogP contribution in [0.5, 0.6) is 0 Å². The summed E-state index contributed by atoms with van der Waals surface area (Å²) in [5, 5.41) is 6.08. The maximum absolute atomic E-state index is 12.1. The van der Waals surface area contributed by atoms with E-state index in [2.05, 4.69) is 10.6 Å². The van der Waals surface area contributed by atoms with Crippen LogP contribution in [0.25, 0.3) is 0 Å². The lowest BCUT2D eigenvalue weighted by molar-refractivity contribution is -0.147. The van der Waals surface area contributed by atoms with E-state index in [9.17, 15) is 9.59 Å². The number of hydrogen-bond acceptors (Lipinski definition) is 4. The van der Waals surface area contributed by atoms with Gasteiger partial charge in [-0.05, 0) is 31.9 Å². The summed E-state index contributed by atoms with van der Waals surface area (Å²) in [7, 11) is 0. The average Bonchev–Trinajstić information content (AvgIpc) is 3.06. The van der Waals surface area contributed by atoms with E-state index in [1.165, 1.54) is 0 Å². The largest absolute Gasteiger partial charge is 0.466 e. The molecule has 0 spiro atoms. The minimum absolute atomic E-state index is 0. The number of rotatable bonds is 7. The highest BCUT2D eigenvalue weighted by molar-refractivity contribution is 5.85. The maximum atomic E-state index is 12.1.